The molecule has 2 heterocycles. The van der Waals surface area contributed by atoms with Gasteiger partial charge in [0.15, 0.2) is 0 Å². The van der Waals surface area contributed by atoms with Gasteiger partial charge in [-0.1, -0.05) is 97.1 Å². The molecule has 2 aliphatic rings. The van der Waals surface area contributed by atoms with Gasteiger partial charge in [0.1, 0.15) is 0 Å². The Labute approximate surface area is 220 Å². The molecule has 37 heavy (non-hydrogen) atoms. The van der Waals surface area contributed by atoms with E-state index < -0.39 is 10.0 Å². The van der Waals surface area contributed by atoms with Gasteiger partial charge in [-0.3, -0.25) is 0 Å². The molecule has 0 bridgehead atoms. The molecule has 0 amide bonds. The zero-order valence-electron chi connectivity index (χ0n) is 21.1. The highest BCUT2D eigenvalue weighted by Crippen LogP contribution is 2.38. The number of hydrogen-bond acceptors (Lipinski definition) is 3. The molecule has 4 aromatic rings. The van der Waals surface area contributed by atoms with Crippen molar-refractivity contribution in [2.75, 3.05) is 32.7 Å². The molecule has 190 valence electrons. The monoisotopic (exact) mass is 510 g/mol. The number of hydrogen-bond donors (Lipinski definition) is 0. The maximum atomic E-state index is 14.0. The van der Waals surface area contributed by atoms with Crippen LogP contribution in [0.5, 0.6) is 0 Å². The Bertz CT molecular complexity index is 1440. The molecule has 4 nitrogen and oxygen atoms in total. The van der Waals surface area contributed by atoms with E-state index in [1.807, 2.05) is 42.5 Å². The number of fused-ring (bicyclic) bond motifs is 1. The summed E-state index contributed by atoms with van der Waals surface area (Å²) in [6.07, 6.45) is 2.31. The van der Waals surface area contributed by atoms with Gasteiger partial charge in [-0.2, -0.15) is 4.31 Å². The van der Waals surface area contributed by atoms with E-state index in [-0.39, 0.29) is 11.8 Å². The van der Waals surface area contributed by atoms with Gasteiger partial charge < -0.3 is 4.90 Å². The van der Waals surface area contributed by atoms with Crippen molar-refractivity contribution in [1.82, 2.24) is 9.21 Å². The lowest BCUT2D eigenvalue weighted by molar-refractivity contribution is 0.180. The number of benzene rings is 4. The number of sulfonamides is 1. The molecule has 0 spiro atoms. The Morgan fingerprint density at radius 3 is 2.03 bits per heavy atom. The van der Waals surface area contributed by atoms with E-state index in [2.05, 4.69) is 59.5 Å². The van der Waals surface area contributed by atoms with Crippen molar-refractivity contribution in [2.45, 2.75) is 29.6 Å². The van der Waals surface area contributed by atoms with Crippen molar-refractivity contribution < 1.29 is 8.42 Å². The van der Waals surface area contributed by atoms with Gasteiger partial charge >= 0.3 is 0 Å². The number of likely N-dealkylation sites (tertiary alicyclic amines) is 1. The Hall–Kier alpha value is -2.99. The summed E-state index contributed by atoms with van der Waals surface area (Å²) in [6, 6.07) is 34.7. The smallest absolute Gasteiger partial charge is 0.243 e. The lowest BCUT2D eigenvalue weighted by atomic mass is 9.86. The fourth-order valence-electron chi connectivity index (χ4n) is 6.36. The molecule has 1 unspecified atom stereocenters. The molecule has 0 saturated carbocycles. The van der Waals surface area contributed by atoms with Crippen LogP contribution in [-0.4, -0.2) is 50.3 Å². The summed E-state index contributed by atoms with van der Waals surface area (Å²) in [6.45, 7) is 4.15. The van der Waals surface area contributed by atoms with Gasteiger partial charge in [-0.15, -0.1) is 0 Å². The number of piperidine rings is 1. The van der Waals surface area contributed by atoms with E-state index in [0.29, 0.717) is 23.9 Å². The molecule has 6 rings (SSSR count). The first kappa shape index (κ1) is 24.4. The zero-order chi connectivity index (χ0) is 25.2. The number of rotatable bonds is 6. The van der Waals surface area contributed by atoms with Gasteiger partial charge in [-0.25, -0.2) is 8.42 Å². The van der Waals surface area contributed by atoms with Crippen molar-refractivity contribution in [2.24, 2.45) is 5.92 Å². The first-order valence-corrected chi connectivity index (χ1v) is 14.8. The van der Waals surface area contributed by atoms with Crippen LogP contribution in [0.4, 0.5) is 0 Å². The minimum atomic E-state index is -3.61. The number of nitrogens with zero attached hydrogens (tertiary/aromatic N) is 2. The van der Waals surface area contributed by atoms with Crippen LogP contribution < -0.4 is 0 Å². The molecule has 2 atom stereocenters. The SMILES string of the molecule is O=S(=O)(c1cccc2ccccc12)N1CC(CN2CCC(c3ccccc3)CC2)[C@@H](c2ccccc2)C1. The van der Waals surface area contributed by atoms with E-state index in [4.69, 9.17) is 0 Å². The third kappa shape index (κ3) is 4.96. The van der Waals surface area contributed by atoms with Crippen LogP contribution >= 0.6 is 0 Å². The largest absolute Gasteiger partial charge is 0.303 e. The molecular weight excluding hydrogens is 476 g/mol. The highest BCUT2D eigenvalue weighted by molar-refractivity contribution is 7.89. The van der Waals surface area contributed by atoms with Crippen LogP contribution in [0.15, 0.2) is 108 Å². The highest BCUT2D eigenvalue weighted by Gasteiger charge is 2.41. The zero-order valence-corrected chi connectivity index (χ0v) is 21.9. The molecule has 2 aliphatic heterocycles. The van der Waals surface area contributed by atoms with E-state index in [9.17, 15) is 8.42 Å². The van der Waals surface area contributed by atoms with Crippen LogP contribution in [0.3, 0.4) is 0 Å². The fraction of sp³-hybridized carbons (Fsp3) is 0.312. The van der Waals surface area contributed by atoms with Gasteiger partial charge in [0.25, 0.3) is 0 Å². The van der Waals surface area contributed by atoms with Gasteiger partial charge in [-0.05, 0) is 60.3 Å². The maximum absolute atomic E-state index is 14.0. The Balaban J connectivity index is 1.23. The Morgan fingerprint density at radius 1 is 0.676 bits per heavy atom. The van der Waals surface area contributed by atoms with Crippen molar-refractivity contribution >= 4 is 20.8 Å². The van der Waals surface area contributed by atoms with Crippen LogP contribution in [0, 0.1) is 5.92 Å². The summed E-state index contributed by atoms with van der Waals surface area (Å²) < 4.78 is 29.7. The summed E-state index contributed by atoms with van der Waals surface area (Å²) in [4.78, 5) is 2.98. The van der Waals surface area contributed by atoms with Crippen LogP contribution in [-0.2, 0) is 10.0 Å². The minimum Gasteiger partial charge on any atom is -0.303 e. The lowest BCUT2D eigenvalue weighted by Crippen LogP contribution is -2.38. The van der Waals surface area contributed by atoms with E-state index in [1.54, 1.807) is 10.4 Å². The van der Waals surface area contributed by atoms with Crippen molar-refractivity contribution in [3.63, 3.8) is 0 Å². The summed E-state index contributed by atoms with van der Waals surface area (Å²) in [5.41, 5.74) is 2.68. The topological polar surface area (TPSA) is 40.6 Å². The Kier molecular flexibility index (Phi) is 6.85. The van der Waals surface area contributed by atoms with Gasteiger partial charge in [0.2, 0.25) is 10.0 Å². The molecular formula is C32H34N2O2S. The Morgan fingerprint density at radius 2 is 1.30 bits per heavy atom. The third-order valence-electron chi connectivity index (χ3n) is 8.35. The molecule has 0 radical (unpaired) electrons. The quantitative estimate of drug-likeness (QED) is 0.314. The fourth-order valence-corrected chi connectivity index (χ4v) is 8.09. The maximum Gasteiger partial charge on any atom is 0.243 e. The molecule has 0 aliphatic carbocycles. The predicted molar refractivity (Wildman–Crippen MR) is 150 cm³/mol. The molecule has 2 fully saturated rings. The molecule has 0 N–H and O–H groups in total. The second kappa shape index (κ2) is 10.4. The first-order chi connectivity index (χ1) is 18.1. The second-order valence-electron chi connectivity index (χ2n) is 10.6. The third-order valence-corrected chi connectivity index (χ3v) is 10.2. The van der Waals surface area contributed by atoms with Crippen LogP contribution in [0.25, 0.3) is 10.8 Å². The van der Waals surface area contributed by atoms with E-state index >= 15 is 0 Å². The average Bonchev–Trinajstić information content (AvgIpc) is 3.39. The molecule has 0 aromatic heterocycles. The average molecular weight is 511 g/mol. The van der Waals surface area contributed by atoms with Gasteiger partial charge in [0.05, 0.1) is 4.90 Å². The van der Waals surface area contributed by atoms with Crippen molar-refractivity contribution in [3.05, 3.63) is 114 Å². The summed E-state index contributed by atoms with van der Waals surface area (Å²) >= 11 is 0. The normalized spacial score (nSPS) is 21.9. The minimum absolute atomic E-state index is 0.192. The molecule has 5 heteroatoms. The molecule has 4 aromatic carbocycles. The second-order valence-corrected chi connectivity index (χ2v) is 12.5. The van der Waals surface area contributed by atoms with Gasteiger partial charge in [0, 0.05) is 30.9 Å². The summed E-state index contributed by atoms with van der Waals surface area (Å²) in [7, 11) is -3.61. The lowest BCUT2D eigenvalue weighted by Gasteiger charge is -2.35. The first-order valence-electron chi connectivity index (χ1n) is 13.4. The highest BCUT2D eigenvalue weighted by atomic mass is 32.2. The summed E-state index contributed by atoms with van der Waals surface area (Å²) in [5.74, 6) is 1.08. The van der Waals surface area contributed by atoms with Crippen molar-refractivity contribution in [3.8, 4) is 0 Å². The van der Waals surface area contributed by atoms with Crippen molar-refractivity contribution in [1.29, 1.82) is 0 Å². The predicted octanol–water partition coefficient (Wildman–Crippen LogP) is 6.12. The standard InChI is InChI=1S/C32H34N2O2S/c35-37(36,32-17-9-15-27-14-7-8-16-30(27)32)34-23-29(31(24-34)28-12-5-2-6-13-28)22-33-20-18-26(19-21-33)25-10-3-1-4-11-25/h1-17,26,29,31H,18-24H2/t29?,31-/m1/s1. The van der Waals surface area contributed by atoms with E-state index in [1.165, 1.54) is 11.1 Å². The van der Waals surface area contributed by atoms with E-state index in [0.717, 1.165) is 43.2 Å². The molecule has 2 saturated heterocycles. The van der Waals surface area contributed by atoms with Crippen LogP contribution in [0.1, 0.15) is 35.8 Å². The van der Waals surface area contributed by atoms with Crippen LogP contribution in [0.2, 0.25) is 0 Å². The summed E-state index contributed by atoms with van der Waals surface area (Å²) in [5, 5.41) is 1.76.